The smallest absolute Gasteiger partial charge is 0.240 e. The predicted molar refractivity (Wildman–Crippen MR) is 81.1 cm³/mol. The van der Waals surface area contributed by atoms with E-state index in [2.05, 4.69) is 11.6 Å². The topological polar surface area (TPSA) is 72.2 Å². The second-order valence-corrected chi connectivity index (χ2v) is 7.67. The molecule has 1 saturated carbocycles. The van der Waals surface area contributed by atoms with Crippen LogP contribution in [0.25, 0.3) is 0 Å². The molecule has 1 aliphatic rings. The molecule has 3 N–H and O–H groups in total. The van der Waals surface area contributed by atoms with E-state index in [0.29, 0.717) is 16.5 Å². The van der Waals surface area contributed by atoms with Gasteiger partial charge in [0.05, 0.1) is 4.90 Å². The van der Waals surface area contributed by atoms with Gasteiger partial charge >= 0.3 is 0 Å². The molecule has 4 nitrogen and oxygen atoms in total. The van der Waals surface area contributed by atoms with Gasteiger partial charge in [-0.1, -0.05) is 31.4 Å². The number of halogens is 1. The number of hydrogen-bond donors (Lipinski definition) is 2. The van der Waals surface area contributed by atoms with Crippen LogP contribution < -0.4 is 10.5 Å². The fraction of sp³-hybridized carbons (Fsp3) is 0.571. The normalized spacial score (nSPS) is 23.8. The molecule has 1 fully saturated rings. The Morgan fingerprint density at radius 3 is 2.80 bits per heavy atom. The van der Waals surface area contributed by atoms with Gasteiger partial charge in [-0.05, 0) is 42.5 Å². The first-order chi connectivity index (χ1) is 9.42. The van der Waals surface area contributed by atoms with E-state index >= 15 is 0 Å². The van der Waals surface area contributed by atoms with Gasteiger partial charge in [-0.25, -0.2) is 13.1 Å². The van der Waals surface area contributed by atoms with Gasteiger partial charge in [-0.15, -0.1) is 0 Å². The van der Waals surface area contributed by atoms with Gasteiger partial charge in [0, 0.05) is 17.6 Å². The second kappa shape index (κ2) is 6.43. The van der Waals surface area contributed by atoms with Crippen LogP contribution in [0.15, 0.2) is 23.1 Å². The van der Waals surface area contributed by atoms with Crippen molar-refractivity contribution in [2.24, 2.45) is 11.7 Å². The summed E-state index contributed by atoms with van der Waals surface area (Å²) in [5.41, 5.74) is 6.21. The number of rotatable bonds is 4. The van der Waals surface area contributed by atoms with Crippen LogP contribution in [0.2, 0.25) is 5.02 Å². The standard InChI is InChI=1S/C14H21ClN2O2S/c1-10-3-2-4-12(7-10)17-20(18,19)13-5-6-14(15)11(8-13)9-16/h5-6,8,10,12,17H,2-4,7,9,16H2,1H3. The molecule has 0 aromatic heterocycles. The summed E-state index contributed by atoms with van der Waals surface area (Å²) in [4.78, 5) is 0.237. The van der Waals surface area contributed by atoms with Crippen LogP contribution in [0.3, 0.4) is 0 Å². The minimum Gasteiger partial charge on any atom is -0.326 e. The monoisotopic (exact) mass is 316 g/mol. The van der Waals surface area contributed by atoms with Crippen molar-refractivity contribution in [3.63, 3.8) is 0 Å². The predicted octanol–water partition coefficient (Wildman–Crippen LogP) is 2.66. The Balaban J connectivity index is 2.17. The molecule has 1 aliphatic carbocycles. The highest BCUT2D eigenvalue weighted by Gasteiger charge is 2.24. The van der Waals surface area contributed by atoms with Crippen molar-refractivity contribution in [3.8, 4) is 0 Å². The van der Waals surface area contributed by atoms with Crippen molar-refractivity contribution < 1.29 is 8.42 Å². The summed E-state index contributed by atoms with van der Waals surface area (Å²) in [6.07, 6.45) is 4.05. The van der Waals surface area contributed by atoms with Crippen LogP contribution in [0, 0.1) is 5.92 Å². The summed E-state index contributed by atoms with van der Waals surface area (Å²) in [6, 6.07) is 4.69. The summed E-state index contributed by atoms with van der Waals surface area (Å²) >= 11 is 5.96. The number of hydrogen-bond acceptors (Lipinski definition) is 3. The SMILES string of the molecule is CC1CCCC(NS(=O)(=O)c2ccc(Cl)c(CN)c2)C1. The number of nitrogens with two attached hydrogens (primary N) is 1. The third-order valence-corrected chi connectivity index (χ3v) is 5.69. The molecule has 0 spiro atoms. The zero-order valence-electron chi connectivity index (χ0n) is 11.6. The quantitative estimate of drug-likeness (QED) is 0.897. The molecule has 2 atom stereocenters. The Morgan fingerprint density at radius 1 is 1.40 bits per heavy atom. The Kier molecular flexibility index (Phi) is 5.07. The van der Waals surface area contributed by atoms with Crippen molar-refractivity contribution in [2.75, 3.05) is 0 Å². The van der Waals surface area contributed by atoms with E-state index in [9.17, 15) is 8.42 Å². The molecule has 1 aromatic rings. The number of sulfonamides is 1. The molecule has 0 aliphatic heterocycles. The van der Waals surface area contributed by atoms with Crippen LogP contribution in [0.5, 0.6) is 0 Å². The molecular formula is C14H21ClN2O2S. The van der Waals surface area contributed by atoms with E-state index in [-0.39, 0.29) is 17.5 Å². The summed E-state index contributed by atoms with van der Waals surface area (Å²) in [7, 11) is -3.50. The van der Waals surface area contributed by atoms with Gasteiger partial charge in [0.25, 0.3) is 0 Å². The Morgan fingerprint density at radius 2 is 2.15 bits per heavy atom. The molecular weight excluding hydrogens is 296 g/mol. The van der Waals surface area contributed by atoms with E-state index in [1.165, 1.54) is 12.5 Å². The van der Waals surface area contributed by atoms with Gasteiger partial charge in [-0.3, -0.25) is 0 Å². The maximum Gasteiger partial charge on any atom is 0.240 e. The first kappa shape index (κ1) is 15.8. The maximum atomic E-state index is 12.4. The molecule has 6 heteroatoms. The second-order valence-electron chi connectivity index (χ2n) is 5.55. The third kappa shape index (κ3) is 3.73. The van der Waals surface area contributed by atoms with Crippen LogP contribution in [0.1, 0.15) is 38.2 Å². The first-order valence-corrected chi connectivity index (χ1v) is 8.79. The number of nitrogens with one attached hydrogen (secondary N) is 1. The van der Waals surface area contributed by atoms with Crippen LogP contribution in [-0.4, -0.2) is 14.5 Å². The van der Waals surface area contributed by atoms with E-state index in [0.717, 1.165) is 19.3 Å². The molecule has 112 valence electrons. The van der Waals surface area contributed by atoms with Crippen molar-refractivity contribution in [1.29, 1.82) is 0 Å². The molecule has 0 radical (unpaired) electrons. The van der Waals surface area contributed by atoms with E-state index in [4.69, 9.17) is 17.3 Å². The van der Waals surface area contributed by atoms with Crippen LogP contribution in [-0.2, 0) is 16.6 Å². The summed E-state index contributed by atoms with van der Waals surface area (Å²) in [5, 5.41) is 0.498. The highest BCUT2D eigenvalue weighted by atomic mass is 35.5. The molecule has 0 amide bonds. The summed E-state index contributed by atoms with van der Waals surface area (Å²) in [6.45, 7) is 2.39. The molecule has 0 bridgehead atoms. The fourth-order valence-electron chi connectivity index (χ4n) is 2.70. The van der Waals surface area contributed by atoms with Crippen molar-refractivity contribution in [2.45, 2.75) is 50.1 Å². The fourth-order valence-corrected chi connectivity index (χ4v) is 4.23. The largest absolute Gasteiger partial charge is 0.326 e. The lowest BCUT2D eigenvalue weighted by Gasteiger charge is -2.27. The molecule has 2 unspecified atom stereocenters. The Labute approximate surface area is 125 Å². The van der Waals surface area contributed by atoms with Gasteiger partial charge in [0.1, 0.15) is 0 Å². The molecule has 0 heterocycles. The van der Waals surface area contributed by atoms with Crippen molar-refractivity contribution in [3.05, 3.63) is 28.8 Å². The van der Waals surface area contributed by atoms with E-state index in [1.807, 2.05) is 0 Å². The minimum atomic E-state index is -3.50. The highest BCUT2D eigenvalue weighted by Crippen LogP contribution is 2.26. The lowest BCUT2D eigenvalue weighted by atomic mass is 9.88. The van der Waals surface area contributed by atoms with Gasteiger partial charge < -0.3 is 5.73 Å². The molecule has 2 rings (SSSR count). The first-order valence-electron chi connectivity index (χ1n) is 6.93. The lowest BCUT2D eigenvalue weighted by Crippen LogP contribution is -2.37. The van der Waals surface area contributed by atoms with Gasteiger partial charge in [-0.2, -0.15) is 0 Å². The van der Waals surface area contributed by atoms with Crippen molar-refractivity contribution >= 4 is 21.6 Å². The van der Waals surface area contributed by atoms with Crippen molar-refractivity contribution in [1.82, 2.24) is 4.72 Å². The van der Waals surface area contributed by atoms with Crippen LogP contribution >= 0.6 is 11.6 Å². The third-order valence-electron chi connectivity index (χ3n) is 3.81. The zero-order valence-corrected chi connectivity index (χ0v) is 13.2. The van der Waals surface area contributed by atoms with E-state index < -0.39 is 10.0 Å². The molecule has 0 saturated heterocycles. The zero-order chi connectivity index (χ0) is 14.8. The molecule has 1 aromatic carbocycles. The highest BCUT2D eigenvalue weighted by molar-refractivity contribution is 7.89. The Hall–Kier alpha value is -0.620. The van der Waals surface area contributed by atoms with Crippen LogP contribution in [0.4, 0.5) is 0 Å². The average Bonchev–Trinajstić information content (AvgIpc) is 2.38. The minimum absolute atomic E-state index is 0.0285. The molecule has 20 heavy (non-hydrogen) atoms. The van der Waals surface area contributed by atoms with E-state index in [1.54, 1.807) is 12.1 Å². The Bertz CT molecular complexity index is 575. The lowest BCUT2D eigenvalue weighted by molar-refractivity contribution is 0.327. The maximum absolute atomic E-state index is 12.4. The van der Waals surface area contributed by atoms with Gasteiger partial charge in [0.15, 0.2) is 0 Å². The summed E-state index contributed by atoms with van der Waals surface area (Å²) < 4.78 is 27.6. The van der Waals surface area contributed by atoms with Gasteiger partial charge in [0.2, 0.25) is 10.0 Å². The summed E-state index contributed by atoms with van der Waals surface area (Å²) in [5.74, 6) is 0.571. The average molecular weight is 317 g/mol. The number of benzene rings is 1.